The minimum Gasteiger partial charge on any atom is -0.353 e. The van der Waals surface area contributed by atoms with E-state index in [0.29, 0.717) is 13.0 Å². The third kappa shape index (κ3) is 2.88. The van der Waals surface area contributed by atoms with Crippen molar-refractivity contribution in [2.24, 2.45) is 0 Å². The second-order valence-corrected chi connectivity index (χ2v) is 2.92. The fourth-order valence-electron chi connectivity index (χ4n) is 1.07. The summed E-state index contributed by atoms with van der Waals surface area (Å²) >= 11 is 0. The fraction of sp³-hybridized carbons (Fsp3) is 0.300. The van der Waals surface area contributed by atoms with Gasteiger partial charge in [0, 0.05) is 30.9 Å². The van der Waals surface area contributed by atoms with Crippen molar-refractivity contribution in [1.29, 1.82) is 0 Å². The molecule has 0 saturated heterocycles. The van der Waals surface area contributed by atoms with Gasteiger partial charge in [0.1, 0.15) is 0 Å². The van der Waals surface area contributed by atoms with Crippen LogP contribution in [0.15, 0.2) is 18.5 Å². The number of ketones is 1. The number of terminal acetylenes is 1. The molecule has 0 amide bonds. The van der Waals surface area contributed by atoms with E-state index in [0.717, 1.165) is 12.3 Å². The highest BCUT2D eigenvalue weighted by molar-refractivity contribution is 6.00. The van der Waals surface area contributed by atoms with Crippen LogP contribution in [0.2, 0.25) is 0 Å². The first-order chi connectivity index (χ1) is 6.95. The number of aryl methyl sites for hydroxylation is 1. The molecule has 15 heavy (non-hydrogen) atoms. The van der Waals surface area contributed by atoms with E-state index < -0.39 is 12.0 Å². The molecule has 1 aromatic heterocycles. The monoisotopic (exact) mass is 215 g/mol. The Morgan fingerprint density at radius 3 is 2.73 bits per heavy atom. The summed E-state index contributed by atoms with van der Waals surface area (Å²) in [6.07, 6.45) is 3.14. The molecule has 0 saturated carbocycles. The first kappa shape index (κ1) is 11.4. The Kier molecular flexibility index (Phi) is 3.20. The minimum absolute atomic E-state index is 0.362. The third-order valence-electron chi connectivity index (χ3n) is 1.78. The van der Waals surface area contributed by atoms with Crippen LogP contribution in [0.4, 0.5) is 13.2 Å². The molecule has 80 valence electrons. The fourth-order valence-corrected chi connectivity index (χ4v) is 1.07. The Balaban J connectivity index is 2.77. The number of carbonyl (C=O) groups excluding carboxylic acids is 1. The first-order valence-corrected chi connectivity index (χ1v) is 4.16. The number of halogens is 3. The molecule has 0 aromatic carbocycles. The van der Waals surface area contributed by atoms with Crippen LogP contribution in [0.1, 0.15) is 16.8 Å². The highest BCUT2D eigenvalue weighted by Crippen LogP contribution is 2.21. The van der Waals surface area contributed by atoms with E-state index in [1.165, 1.54) is 10.8 Å². The smallest absolute Gasteiger partial charge is 0.353 e. The molecule has 0 unspecified atom stereocenters. The SMILES string of the molecule is C#CCCn1ccc(C(=O)C(F)(F)F)c1. The van der Waals surface area contributed by atoms with Gasteiger partial charge in [-0.15, -0.1) is 12.3 Å². The van der Waals surface area contributed by atoms with Crippen LogP contribution in [0.25, 0.3) is 0 Å². The van der Waals surface area contributed by atoms with Crippen LogP contribution < -0.4 is 0 Å². The van der Waals surface area contributed by atoms with Gasteiger partial charge < -0.3 is 4.57 Å². The van der Waals surface area contributed by atoms with Gasteiger partial charge in [-0.25, -0.2) is 0 Å². The second-order valence-electron chi connectivity index (χ2n) is 2.92. The predicted octanol–water partition coefficient (Wildman–Crippen LogP) is 2.26. The third-order valence-corrected chi connectivity index (χ3v) is 1.78. The number of aromatic nitrogens is 1. The molecule has 0 fully saturated rings. The standard InChI is InChI=1S/C10H8F3NO/c1-2-3-5-14-6-4-8(7-14)9(15)10(11,12)13/h1,4,6-7H,3,5H2. The highest BCUT2D eigenvalue weighted by atomic mass is 19.4. The number of Topliss-reactive ketones (excluding diaryl/α,β-unsaturated/α-hetero) is 1. The Bertz CT molecular complexity index is 398. The van der Waals surface area contributed by atoms with Crippen molar-refractivity contribution in [2.75, 3.05) is 0 Å². The lowest BCUT2D eigenvalue weighted by molar-refractivity contribution is -0.0885. The predicted molar refractivity (Wildman–Crippen MR) is 48.3 cm³/mol. The van der Waals surface area contributed by atoms with Gasteiger partial charge in [0.05, 0.1) is 0 Å². The van der Waals surface area contributed by atoms with Gasteiger partial charge in [-0.1, -0.05) is 0 Å². The highest BCUT2D eigenvalue weighted by Gasteiger charge is 2.39. The quantitative estimate of drug-likeness (QED) is 0.560. The van der Waals surface area contributed by atoms with E-state index in [-0.39, 0.29) is 5.56 Å². The Labute approximate surface area is 84.7 Å². The van der Waals surface area contributed by atoms with Crippen molar-refractivity contribution < 1.29 is 18.0 Å². The molecule has 0 aliphatic rings. The van der Waals surface area contributed by atoms with Crippen molar-refractivity contribution in [2.45, 2.75) is 19.1 Å². The number of nitrogens with zero attached hydrogens (tertiary/aromatic N) is 1. The molecule has 2 nitrogen and oxygen atoms in total. The maximum absolute atomic E-state index is 12.0. The average molecular weight is 215 g/mol. The van der Waals surface area contributed by atoms with Crippen LogP contribution in [0.5, 0.6) is 0 Å². The Morgan fingerprint density at radius 2 is 2.20 bits per heavy atom. The van der Waals surface area contributed by atoms with Crippen molar-refractivity contribution in [3.05, 3.63) is 24.0 Å². The van der Waals surface area contributed by atoms with Gasteiger partial charge in [-0.2, -0.15) is 13.2 Å². The number of rotatable bonds is 3. The number of carbonyl (C=O) groups is 1. The van der Waals surface area contributed by atoms with Crippen LogP contribution in [0.3, 0.4) is 0 Å². The molecule has 5 heteroatoms. The normalized spacial score (nSPS) is 11.1. The minimum atomic E-state index is -4.82. The lowest BCUT2D eigenvalue weighted by Gasteiger charge is -2.02. The van der Waals surface area contributed by atoms with Gasteiger partial charge in [-0.3, -0.25) is 4.79 Å². The molecular formula is C10H8F3NO. The van der Waals surface area contributed by atoms with E-state index >= 15 is 0 Å². The van der Waals surface area contributed by atoms with Crippen LogP contribution in [-0.4, -0.2) is 16.5 Å². The van der Waals surface area contributed by atoms with Gasteiger partial charge >= 0.3 is 6.18 Å². The molecule has 1 rings (SSSR count). The van der Waals surface area contributed by atoms with E-state index in [9.17, 15) is 18.0 Å². The number of hydrogen-bond acceptors (Lipinski definition) is 1. The van der Waals surface area contributed by atoms with Gasteiger partial charge in [0.15, 0.2) is 0 Å². The summed E-state index contributed by atoms with van der Waals surface area (Å²) < 4.78 is 37.5. The van der Waals surface area contributed by atoms with Gasteiger partial charge in [0.2, 0.25) is 0 Å². The zero-order valence-corrected chi connectivity index (χ0v) is 7.71. The van der Waals surface area contributed by atoms with E-state index in [4.69, 9.17) is 6.42 Å². The lowest BCUT2D eigenvalue weighted by atomic mass is 10.2. The van der Waals surface area contributed by atoms with Crippen LogP contribution >= 0.6 is 0 Å². The van der Waals surface area contributed by atoms with E-state index in [2.05, 4.69) is 5.92 Å². The summed E-state index contributed by atoms with van der Waals surface area (Å²) in [5.41, 5.74) is -0.362. The van der Waals surface area contributed by atoms with Crippen LogP contribution in [0, 0.1) is 12.3 Å². The maximum atomic E-state index is 12.0. The van der Waals surface area contributed by atoms with Gasteiger partial charge in [-0.05, 0) is 6.07 Å². The summed E-state index contributed by atoms with van der Waals surface area (Å²) in [6.45, 7) is 0.404. The summed E-state index contributed by atoms with van der Waals surface area (Å²) in [7, 11) is 0. The molecule has 0 radical (unpaired) electrons. The largest absolute Gasteiger partial charge is 0.454 e. The summed E-state index contributed by atoms with van der Waals surface area (Å²) in [5.74, 6) is 0.525. The molecule has 1 heterocycles. The molecule has 0 spiro atoms. The summed E-state index contributed by atoms with van der Waals surface area (Å²) in [5, 5.41) is 0. The average Bonchev–Trinajstić information content (AvgIpc) is 2.60. The second kappa shape index (κ2) is 4.22. The molecule has 0 atom stereocenters. The van der Waals surface area contributed by atoms with Crippen molar-refractivity contribution in [1.82, 2.24) is 4.57 Å². The zero-order valence-electron chi connectivity index (χ0n) is 7.71. The molecule has 0 N–H and O–H groups in total. The summed E-state index contributed by atoms with van der Waals surface area (Å²) in [4.78, 5) is 10.8. The van der Waals surface area contributed by atoms with E-state index in [1.807, 2.05) is 0 Å². The Morgan fingerprint density at radius 1 is 1.53 bits per heavy atom. The van der Waals surface area contributed by atoms with Crippen LogP contribution in [-0.2, 0) is 6.54 Å². The Hall–Kier alpha value is -1.70. The van der Waals surface area contributed by atoms with E-state index in [1.54, 1.807) is 0 Å². The lowest BCUT2D eigenvalue weighted by Crippen LogP contribution is -2.22. The first-order valence-electron chi connectivity index (χ1n) is 4.16. The zero-order chi connectivity index (χ0) is 11.5. The molecular weight excluding hydrogens is 207 g/mol. The van der Waals surface area contributed by atoms with Crippen molar-refractivity contribution in [3.63, 3.8) is 0 Å². The topological polar surface area (TPSA) is 22.0 Å². The van der Waals surface area contributed by atoms with Crippen molar-refractivity contribution >= 4 is 5.78 Å². The maximum Gasteiger partial charge on any atom is 0.454 e. The molecule has 0 aliphatic heterocycles. The number of alkyl halides is 3. The summed E-state index contributed by atoms with van der Waals surface area (Å²) in [6, 6.07) is 1.13. The molecule has 0 aliphatic carbocycles. The molecule has 1 aromatic rings. The molecule has 0 bridgehead atoms. The van der Waals surface area contributed by atoms with Crippen molar-refractivity contribution in [3.8, 4) is 12.3 Å². The number of hydrogen-bond donors (Lipinski definition) is 0. The van der Waals surface area contributed by atoms with Gasteiger partial charge in [0.25, 0.3) is 5.78 Å².